The summed E-state index contributed by atoms with van der Waals surface area (Å²) >= 11 is 0. The molecule has 11 nitrogen and oxygen atoms in total. The van der Waals surface area contributed by atoms with E-state index in [9.17, 15) is 23.1 Å². The number of anilines is 1. The van der Waals surface area contributed by atoms with Crippen LogP contribution in [0.1, 0.15) is 41.2 Å². The van der Waals surface area contributed by atoms with Gasteiger partial charge in [-0.3, -0.25) is 9.59 Å². The second-order valence-electron chi connectivity index (χ2n) is 10.5. The van der Waals surface area contributed by atoms with E-state index in [1.165, 1.54) is 11.4 Å². The Morgan fingerprint density at radius 1 is 1.22 bits per heavy atom. The quantitative estimate of drug-likeness (QED) is 0.391. The van der Waals surface area contributed by atoms with Crippen molar-refractivity contribution in [2.24, 2.45) is 5.92 Å². The first-order valence-corrected chi connectivity index (χ1v) is 14.8. The number of carbonyl (C=O) groups excluding carboxylic acids is 2. The topological polar surface area (TPSA) is 142 Å². The Balaban J connectivity index is 1.63. The Morgan fingerprint density at radius 2 is 1.93 bits per heavy atom. The lowest BCUT2D eigenvalue weighted by atomic mass is 9.99. The number of aryl methyl sites for hydroxylation is 2. The van der Waals surface area contributed by atoms with Gasteiger partial charge in [-0.05, 0) is 44.5 Å². The molecule has 0 saturated carbocycles. The van der Waals surface area contributed by atoms with Gasteiger partial charge in [-0.15, -0.1) is 0 Å². The molecule has 41 heavy (non-hydrogen) atoms. The minimum absolute atomic E-state index is 0.0143. The molecule has 3 aromatic rings. The van der Waals surface area contributed by atoms with Gasteiger partial charge in [-0.25, -0.2) is 8.42 Å². The highest BCUT2D eigenvalue weighted by Gasteiger charge is 2.36. The molecular formula is C29H36N4O7S. The lowest BCUT2D eigenvalue weighted by Crippen LogP contribution is -2.50. The predicted molar refractivity (Wildman–Crippen MR) is 152 cm³/mol. The Hall–Kier alpha value is -3.74. The maximum absolute atomic E-state index is 13.7. The SMILES string of the molecule is Cc1noc(C)c1S(=O)(=O)N(C)C[C@H]1Oc2ccc(NC(=O)Cc3ccccc3)cc2C(=O)N([C@H](C)CO)C[C@@H]1C. The van der Waals surface area contributed by atoms with Crippen molar-refractivity contribution in [1.82, 2.24) is 14.4 Å². The summed E-state index contributed by atoms with van der Waals surface area (Å²) in [5.74, 6) is -0.447. The highest BCUT2D eigenvalue weighted by atomic mass is 32.2. The summed E-state index contributed by atoms with van der Waals surface area (Å²) in [6, 6.07) is 13.6. The van der Waals surface area contributed by atoms with E-state index in [4.69, 9.17) is 9.26 Å². The molecule has 220 valence electrons. The fourth-order valence-corrected chi connectivity index (χ4v) is 6.32. The molecule has 2 aromatic carbocycles. The van der Waals surface area contributed by atoms with Crippen LogP contribution in [0.2, 0.25) is 0 Å². The molecule has 2 amide bonds. The zero-order valence-electron chi connectivity index (χ0n) is 23.8. The summed E-state index contributed by atoms with van der Waals surface area (Å²) in [4.78, 5) is 27.9. The lowest BCUT2D eigenvalue weighted by Gasteiger charge is -2.38. The summed E-state index contributed by atoms with van der Waals surface area (Å²) < 4.78 is 39.4. The van der Waals surface area contributed by atoms with Gasteiger partial charge in [-0.1, -0.05) is 42.4 Å². The van der Waals surface area contributed by atoms with Crippen molar-refractivity contribution < 1.29 is 32.4 Å². The standard InChI is InChI=1S/C29H36N4O7S/c1-18-15-33(19(2)17-34)29(36)24-14-23(30-27(35)13-22-9-7-6-8-10-22)11-12-25(24)39-26(18)16-32(5)41(37,38)28-20(3)31-40-21(28)4/h6-12,14,18-19,26,34H,13,15-17H2,1-5H3,(H,30,35)/t18-,19+,26+/m0/s1. The van der Waals surface area contributed by atoms with Crippen LogP contribution in [0.3, 0.4) is 0 Å². The van der Waals surface area contributed by atoms with Gasteiger partial charge < -0.3 is 24.6 Å². The number of ether oxygens (including phenoxy) is 1. The van der Waals surface area contributed by atoms with Crippen LogP contribution in [-0.4, -0.2) is 78.6 Å². The second kappa shape index (κ2) is 12.4. The summed E-state index contributed by atoms with van der Waals surface area (Å²) in [5, 5.41) is 16.5. The molecule has 0 unspecified atom stereocenters. The van der Waals surface area contributed by atoms with Gasteiger partial charge in [0.05, 0.1) is 31.2 Å². The van der Waals surface area contributed by atoms with Crippen LogP contribution in [0.15, 0.2) is 57.9 Å². The first kappa shape index (κ1) is 30.2. The predicted octanol–water partition coefficient (Wildman–Crippen LogP) is 3.01. The van der Waals surface area contributed by atoms with Gasteiger partial charge in [0, 0.05) is 25.2 Å². The molecule has 4 rings (SSSR count). The molecule has 0 saturated heterocycles. The van der Waals surface area contributed by atoms with E-state index in [0.717, 1.165) is 5.56 Å². The van der Waals surface area contributed by atoms with E-state index in [2.05, 4.69) is 10.5 Å². The van der Waals surface area contributed by atoms with Crippen molar-refractivity contribution in [2.45, 2.75) is 51.2 Å². The van der Waals surface area contributed by atoms with Gasteiger partial charge in [0.25, 0.3) is 5.91 Å². The number of benzene rings is 2. The van der Waals surface area contributed by atoms with Gasteiger partial charge in [0.15, 0.2) is 5.76 Å². The summed E-state index contributed by atoms with van der Waals surface area (Å²) in [7, 11) is -2.48. The highest BCUT2D eigenvalue weighted by Crippen LogP contribution is 2.32. The average molecular weight is 585 g/mol. The van der Waals surface area contributed by atoms with E-state index in [0.29, 0.717) is 5.69 Å². The van der Waals surface area contributed by atoms with E-state index >= 15 is 0 Å². The molecule has 0 spiro atoms. The van der Waals surface area contributed by atoms with Crippen molar-refractivity contribution >= 4 is 27.5 Å². The molecule has 1 aromatic heterocycles. The fraction of sp³-hybridized carbons (Fsp3) is 0.414. The lowest BCUT2D eigenvalue weighted by molar-refractivity contribution is -0.115. The number of hydrogen-bond donors (Lipinski definition) is 2. The smallest absolute Gasteiger partial charge is 0.258 e. The van der Waals surface area contributed by atoms with E-state index < -0.39 is 22.2 Å². The van der Waals surface area contributed by atoms with Crippen LogP contribution in [-0.2, 0) is 21.2 Å². The normalized spacial score (nSPS) is 18.3. The molecule has 0 radical (unpaired) electrons. The van der Waals surface area contributed by atoms with E-state index in [1.807, 2.05) is 37.3 Å². The number of aromatic nitrogens is 1. The molecule has 2 N–H and O–H groups in total. The average Bonchev–Trinajstić information content (AvgIpc) is 3.29. The Bertz CT molecular complexity index is 1490. The summed E-state index contributed by atoms with van der Waals surface area (Å²) in [6.07, 6.45) is -0.476. The maximum atomic E-state index is 13.7. The number of nitrogens with one attached hydrogen (secondary N) is 1. The molecule has 0 fully saturated rings. The van der Waals surface area contributed by atoms with Crippen molar-refractivity contribution in [1.29, 1.82) is 0 Å². The minimum atomic E-state index is -3.94. The molecule has 2 heterocycles. The van der Waals surface area contributed by atoms with Crippen LogP contribution in [0.4, 0.5) is 5.69 Å². The third-order valence-electron chi connectivity index (χ3n) is 7.23. The zero-order chi connectivity index (χ0) is 29.9. The number of carbonyl (C=O) groups is 2. The van der Waals surface area contributed by atoms with Gasteiger partial charge in [-0.2, -0.15) is 4.31 Å². The van der Waals surface area contributed by atoms with Crippen molar-refractivity contribution in [3.05, 3.63) is 71.1 Å². The third kappa shape index (κ3) is 6.61. The molecule has 3 atom stereocenters. The first-order valence-electron chi connectivity index (χ1n) is 13.4. The van der Waals surface area contributed by atoms with Crippen LogP contribution in [0, 0.1) is 19.8 Å². The molecular weight excluding hydrogens is 548 g/mol. The number of likely N-dealkylation sites (N-methyl/N-ethyl adjacent to an activating group) is 1. The van der Waals surface area contributed by atoms with Crippen molar-refractivity contribution in [3.8, 4) is 5.75 Å². The molecule has 1 aliphatic heterocycles. The van der Waals surface area contributed by atoms with E-state index in [1.54, 1.807) is 43.9 Å². The number of hydrogen-bond acceptors (Lipinski definition) is 8. The number of rotatable bonds is 9. The minimum Gasteiger partial charge on any atom is -0.488 e. The van der Waals surface area contributed by atoms with E-state index in [-0.39, 0.29) is 71.5 Å². The Morgan fingerprint density at radius 3 is 2.56 bits per heavy atom. The highest BCUT2D eigenvalue weighted by molar-refractivity contribution is 7.89. The fourth-order valence-electron chi connectivity index (χ4n) is 4.85. The first-order chi connectivity index (χ1) is 19.4. The monoisotopic (exact) mass is 584 g/mol. The Kier molecular flexibility index (Phi) is 9.15. The van der Waals surface area contributed by atoms with Gasteiger partial charge in [0.1, 0.15) is 22.4 Å². The number of aliphatic hydroxyl groups is 1. The summed E-state index contributed by atoms with van der Waals surface area (Å²) in [6.45, 7) is 6.66. The number of sulfonamides is 1. The van der Waals surface area contributed by atoms with Gasteiger partial charge in [0.2, 0.25) is 15.9 Å². The van der Waals surface area contributed by atoms with Crippen LogP contribution in [0.5, 0.6) is 5.75 Å². The van der Waals surface area contributed by atoms with Crippen LogP contribution in [0.25, 0.3) is 0 Å². The molecule has 0 aliphatic carbocycles. The Labute approximate surface area is 240 Å². The molecule has 12 heteroatoms. The number of amides is 2. The largest absolute Gasteiger partial charge is 0.488 e. The van der Waals surface area contributed by atoms with Crippen molar-refractivity contribution in [2.75, 3.05) is 32.1 Å². The second-order valence-corrected chi connectivity index (χ2v) is 12.5. The zero-order valence-corrected chi connectivity index (χ0v) is 24.6. The summed E-state index contributed by atoms with van der Waals surface area (Å²) in [5.41, 5.74) is 1.74. The number of aliphatic hydroxyl groups excluding tert-OH is 1. The van der Waals surface area contributed by atoms with Crippen LogP contribution < -0.4 is 10.1 Å². The number of nitrogens with zero attached hydrogens (tertiary/aromatic N) is 3. The van der Waals surface area contributed by atoms with Crippen LogP contribution >= 0.6 is 0 Å². The third-order valence-corrected chi connectivity index (χ3v) is 9.30. The number of fused-ring (bicyclic) bond motifs is 1. The van der Waals surface area contributed by atoms with Gasteiger partial charge >= 0.3 is 0 Å². The van der Waals surface area contributed by atoms with Crippen molar-refractivity contribution in [3.63, 3.8) is 0 Å². The maximum Gasteiger partial charge on any atom is 0.258 e. The molecule has 1 aliphatic rings. The molecule has 0 bridgehead atoms.